The summed E-state index contributed by atoms with van der Waals surface area (Å²) in [5, 5.41) is 9.54. The molecule has 0 fully saturated rings. The number of hydrogen-bond acceptors (Lipinski definition) is 2. The number of carbonyl (C=O) groups is 1. The molecule has 12 heavy (non-hydrogen) atoms. The number of carbonyl (C=O) groups excluding carboxylic acids is 1. The van der Waals surface area contributed by atoms with E-state index >= 15 is 0 Å². The molecule has 0 saturated heterocycles. The molecule has 2 heteroatoms. The van der Waals surface area contributed by atoms with E-state index in [-0.39, 0.29) is 11.7 Å². The van der Waals surface area contributed by atoms with Crippen molar-refractivity contribution in [1.82, 2.24) is 0 Å². The molecule has 1 rings (SSSR count). The molecule has 0 bridgehead atoms. The van der Waals surface area contributed by atoms with Gasteiger partial charge >= 0.3 is 0 Å². The standard InChI is InChI=1S/C10H16O2/c1-6-4-7(2)10(8(3)11)9(12)5-6/h6-7,12H,4-5H2,1-3H3. The summed E-state index contributed by atoms with van der Waals surface area (Å²) in [6.45, 7) is 5.63. The Balaban J connectivity index is 2.93. The predicted molar refractivity (Wildman–Crippen MR) is 47.9 cm³/mol. The highest BCUT2D eigenvalue weighted by Gasteiger charge is 2.26. The zero-order valence-corrected chi connectivity index (χ0v) is 7.92. The Labute approximate surface area is 73.3 Å². The van der Waals surface area contributed by atoms with Gasteiger partial charge in [0.25, 0.3) is 0 Å². The molecule has 2 nitrogen and oxygen atoms in total. The molecule has 1 aliphatic carbocycles. The monoisotopic (exact) mass is 168 g/mol. The van der Waals surface area contributed by atoms with Crippen LogP contribution in [0.3, 0.4) is 0 Å². The van der Waals surface area contributed by atoms with Crippen molar-refractivity contribution >= 4 is 5.78 Å². The average molecular weight is 168 g/mol. The van der Waals surface area contributed by atoms with Crippen LogP contribution in [0.2, 0.25) is 0 Å². The maximum atomic E-state index is 11.1. The zero-order valence-electron chi connectivity index (χ0n) is 7.92. The van der Waals surface area contributed by atoms with E-state index in [4.69, 9.17) is 0 Å². The molecule has 0 heterocycles. The third kappa shape index (κ3) is 1.68. The van der Waals surface area contributed by atoms with E-state index < -0.39 is 0 Å². The van der Waals surface area contributed by atoms with E-state index in [0.29, 0.717) is 23.7 Å². The Bertz CT molecular complexity index is 228. The van der Waals surface area contributed by atoms with Crippen molar-refractivity contribution in [1.29, 1.82) is 0 Å². The fourth-order valence-electron chi connectivity index (χ4n) is 2.08. The van der Waals surface area contributed by atoms with Gasteiger partial charge in [-0.05, 0) is 25.2 Å². The number of Topliss-reactive ketones (excluding diaryl/α,β-unsaturated/α-hetero) is 1. The van der Waals surface area contributed by atoms with Gasteiger partial charge in [-0.3, -0.25) is 4.79 Å². The van der Waals surface area contributed by atoms with Crippen molar-refractivity contribution in [3.63, 3.8) is 0 Å². The quantitative estimate of drug-likeness (QED) is 0.653. The number of ketones is 1. The number of hydrogen-bond donors (Lipinski definition) is 1. The molecule has 2 atom stereocenters. The minimum Gasteiger partial charge on any atom is -0.512 e. The van der Waals surface area contributed by atoms with E-state index in [1.165, 1.54) is 6.92 Å². The number of rotatable bonds is 1. The maximum Gasteiger partial charge on any atom is 0.159 e. The number of allylic oxidation sites excluding steroid dienone is 2. The van der Waals surface area contributed by atoms with Gasteiger partial charge in [0, 0.05) is 12.0 Å². The van der Waals surface area contributed by atoms with Crippen molar-refractivity contribution in [3.05, 3.63) is 11.3 Å². The van der Waals surface area contributed by atoms with Crippen LogP contribution in [0.5, 0.6) is 0 Å². The van der Waals surface area contributed by atoms with Crippen LogP contribution in [-0.4, -0.2) is 10.9 Å². The lowest BCUT2D eigenvalue weighted by molar-refractivity contribution is -0.114. The highest BCUT2D eigenvalue weighted by atomic mass is 16.3. The lowest BCUT2D eigenvalue weighted by atomic mass is 9.80. The van der Waals surface area contributed by atoms with Gasteiger partial charge in [-0.25, -0.2) is 0 Å². The normalized spacial score (nSPS) is 30.6. The second-order valence-corrected chi connectivity index (χ2v) is 3.86. The van der Waals surface area contributed by atoms with E-state index in [2.05, 4.69) is 6.92 Å². The summed E-state index contributed by atoms with van der Waals surface area (Å²) in [6, 6.07) is 0. The van der Waals surface area contributed by atoms with Gasteiger partial charge in [-0.1, -0.05) is 13.8 Å². The molecule has 0 aliphatic heterocycles. The van der Waals surface area contributed by atoms with Crippen molar-refractivity contribution in [2.75, 3.05) is 0 Å². The van der Waals surface area contributed by atoms with Crippen molar-refractivity contribution in [2.45, 2.75) is 33.6 Å². The van der Waals surface area contributed by atoms with Crippen LogP contribution in [0, 0.1) is 11.8 Å². The zero-order chi connectivity index (χ0) is 9.30. The van der Waals surface area contributed by atoms with Crippen LogP contribution in [0.1, 0.15) is 33.6 Å². The summed E-state index contributed by atoms with van der Waals surface area (Å²) in [4.78, 5) is 11.1. The molecular formula is C10H16O2. The number of aliphatic hydroxyl groups is 1. The summed E-state index contributed by atoms with van der Waals surface area (Å²) >= 11 is 0. The van der Waals surface area contributed by atoms with Crippen LogP contribution < -0.4 is 0 Å². The van der Waals surface area contributed by atoms with Gasteiger partial charge in [-0.2, -0.15) is 0 Å². The molecule has 0 aromatic carbocycles. The van der Waals surface area contributed by atoms with Gasteiger partial charge < -0.3 is 5.11 Å². The second kappa shape index (κ2) is 3.30. The Morgan fingerprint density at radius 3 is 2.50 bits per heavy atom. The van der Waals surface area contributed by atoms with E-state index in [0.717, 1.165) is 6.42 Å². The first-order valence-electron chi connectivity index (χ1n) is 4.45. The molecule has 2 unspecified atom stereocenters. The molecule has 0 saturated carbocycles. The van der Waals surface area contributed by atoms with Crippen LogP contribution in [0.15, 0.2) is 11.3 Å². The Morgan fingerprint density at radius 2 is 2.08 bits per heavy atom. The van der Waals surface area contributed by atoms with E-state index in [1.807, 2.05) is 6.92 Å². The van der Waals surface area contributed by atoms with Gasteiger partial charge in [-0.15, -0.1) is 0 Å². The molecule has 0 amide bonds. The largest absolute Gasteiger partial charge is 0.512 e. The van der Waals surface area contributed by atoms with Gasteiger partial charge in [0.1, 0.15) is 0 Å². The van der Waals surface area contributed by atoms with Crippen molar-refractivity contribution in [3.8, 4) is 0 Å². The molecule has 0 aromatic heterocycles. The first kappa shape index (κ1) is 9.30. The van der Waals surface area contributed by atoms with Gasteiger partial charge in [0.2, 0.25) is 0 Å². The number of aliphatic hydroxyl groups excluding tert-OH is 1. The topological polar surface area (TPSA) is 37.3 Å². The summed E-state index contributed by atoms with van der Waals surface area (Å²) in [7, 11) is 0. The smallest absolute Gasteiger partial charge is 0.159 e. The summed E-state index contributed by atoms with van der Waals surface area (Å²) in [6.07, 6.45) is 1.68. The first-order chi connectivity index (χ1) is 5.52. The molecule has 0 radical (unpaired) electrons. The SMILES string of the molecule is CC(=O)C1=C(O)CC(C)CC1C. The lowest BCUT2D eigenvalue weighted by Gasteiger charge is -2.25. The van der Waals surface area contributed by atoms with Gasteiger partial charge in [0.15, 0.2) is 5.78 Å². The molecular weight excluding hydrogens is 152 g/mol. The summed E-state index contributed by atoms with van der Waals surface area (Å²) in [5.74, 6) is 1.06. The molecule has 0 spiro atoms. The maximum absolute atomic E-state index is 11.1. The van der Waals surface area contributed by atoms with E-state index in [1.54, 1.807) is 0 Å². The first-order valence-corrected chi connectivity index (χ1v) is 4.45. The molecule has 68 valence electrons. The van der Waals surface area contributed by atoms with Crippen LogP contribution >= 0.6 is 0 Å². The minimum absolute atomic E-state index is 0.0203. The van der Waals surface area contributed by atoms with E-state index in [9.17, 15) is 9.90 Å². The minimum atomic E-state index is 0.0203. The third-order valence-electron chi connectivity index (χ3n) is 2.48. The Hall–Kier alpha value is -0.790. The van der Waals surface area contributed by atoms with Crippen molar-refractivity contribution in [2.24, 2.45) is 11.8 Å². The summed E-state index contributed by atoms with van der Waals surface area (Å²) in [5.41, 5.74) is 0.646. The summed E-state index contributed by atoms with van der Waals surface area (Å²) < 4.78 is 0. The lowest BCUT2D eigenvalue weighted by Crippen LogP contribution is -2.19. The second-order valence-electron chi connectivity index (χ2n) is 3.86. The highest BCUT2D eigenvalue weighted by molar-refractivity contribution is 5.94. The molecule has 0 aromatic rings. The molecule has 1 aliphatic rings. The van der Waals surface area contributed by atoms with Crippen LogP contribution in [-0.2, 0) is 4.79 Å². The van der Waals surface area contributed by atoms with Gasteiger partial charge in [0.05, 0.1) is 5.76 Å². The van der Waals surface area contributed by atoms with Crippen LogP contribution in [0.4, 0.5) is 0 Å². The van der Waals surface area contributed by atoms with Crippen molar-refractivity contribution < 1.29 is 9.90 Å². The van der Waals surface area contributed by atoms with Crippen LogP contribution in [0.25, 0.3) is 0 Å². The molecule has 1 N–H and O–H groups in total. The fourth-order valence-corrected chi connectivity index (χ4v) is 2.08. The highest BCUT2D eigenvalue weighted by Crippen LogP contribution is 2.32. The third-order valence-corrected chi connectivity index (χ3v) is 2.48. The average Bonchev–Trinajstić information content (AvgIpc) is 1.82. The fraction of sp³-hybridized carbons (Fsp3) is 0.700. The Morgan fingerprint density at radius 1 is 1.50 bits per heavy atom. The Kier molecular flexibility index (Phi) is 2.55. The predicted octanol–water partition coefficient (Wildman–Crippen LogP) is 2.45.